The second-order valence-corrected chi connectivity index (χ2v) is 6.87. The normalized spacial score (nSPS) is 20.0. The van der Waals surface area contributed by atoms with Gasteiger partial charge in [-0.3, -0.25) is 4.98 Å². The summed E-state index contributed by atoms with van der Waals surface area (Å²) in [4.78, 5) is 32.0. The summed E-state index contributed by atoms with van der Waals surface area (Å²) in [5.41, 5.74) is 0.962. The first kappa shape index (κ1) is 18.2. The van der Waals surface area contributed by atoms with Gasteiger partial charge in [0.1, 0.15) is 6.04 Å². The van der Waals surface area contributed by atoms with Gasteiger partial charge in [0, 0.05) is 37.4 Å². The van der Waals surface area contributed by atoms with Crippen molar-refractivity contribution in [1.29, 1.82) is 0 Å². The number of carboxylic acid groups (broad SMARTS) is 1. The lowest BCUT2D eigenvalue weighted by atomic mass is 9.95. The zero-order chi connectivity index (χ0) is 17.9. The zero-order valence-corrected chi connectivity index (χ0v) is 14.8. The first-order chi connectivity index (χ1) is 11.3. The zero-order valence-electron chi connectivity index (χ0n) is 14.8. The number of nitrogens with zero attached hydrogens (tertiary/aromatic N) is 3. The van der Waals surface area contributed by atoms with Crippen LogP contribution in [0.1, 0.15) is 45.2 Å². The highest BCUT2D eigenvalue weighted by Crippen LogP contribution is 2.31. The molecule has 0 radical (unpaired) electrons. The van der Waals surface area contributed by atoms with Crippen molar-refractivity contribution in [2.75, 3.05) is 13.6 Å². The fourth-order valence-electron chi connectivity index (χ4n) is 3.61. The molecule has 0 aromatic carbocycles. The van der Waals surface area contributed by atoms with E-state index in [0.29, 0.717) is 6.54 Å². The molecule has 2 heterocycles. The van der Waals surface area contributed by atoms with Crippen LogP contribution in [0.2, 0.25) is 0 Å². The minimum Gasteiger partial charge on any atom is -0.480 e. The Morgan fingerprint density at radius 3 is 2.58 bits per heavy atom. The monoisotopic (exact) mass is 333 g/mol. The second-order valence-electron chi connectivity index (χ2n) is 6.87. The SMILES string of the molecule is CC(C)[C@@H](C(=O)O)N(C)C(=O)N1CCC[C@@H]1C(C)c1ccccn1. The molecule has 3 atom stereocenters. The van der Waals surface area contributed by atoms with Crippen molar-refractivity contribution in [3.63, 3.8) is 0 Å². The number of hydrogen-bond donors (Lipinski definition) is 1. The van der Waals surface area contributed by atoms with Crippen molar-refractivity contribution < 1.29 is 14.7 Å². The molecule has 24 heavy (non-hydrogen) atoms. The molecular formula is C18H27N3O3. The molecule has 1 aromatic rings. The number of rotatable bonds is 5. The van der Waals surface area contributed by atoms with E-state index in [1.54, 1.807) is 13.2 Å². The number of hydrogen-bond acceptors (Lipinski definition) is 3. The summed E-state index contributed by atoms with van der Waals surface area (Å²) < 4.78 is 0. The summed E-state index contributed by atoms with van der Waals surface area (Å²) in [7, 11) is 1.59. The molecule has 0 spiro atoms. The van der Waals surface area contributed by atoms with E-state index in [0.717, 1.165) is 18.5 Å². The van der Waals surface area contributed by atoms with Crippen LogP contribution in [0.4, 0.5) is 4.79 Å². The average molecular weight is 333 g/mol. The fourth-order valence-corrected chi connectivity index (χ4v) is 3.61. The predicted octanol–water partition coefficient (Wildman–Crippen LogP) is 2.81. The number of likely N-dealkylation sites (N-methyl/N-ethyl adjacent to an activating group) is 1. The number of pyridine rings is 1. The topological polar surface area (TPSA) is 73.7 Å². The maximum Gasteiger partial charge on any atom is 0.326 e. The van der Waals surface area contributed by atoms with Gasteiger partial charge in [0.2, 0.25) is 0 Å². The van der Waals surface area contributed by atoms with Crippen molar-refractivity contribution in [2.24, 2.45) is 5.92 Å². The molecule has 132 valence electrons. The molecule has 2 rings (SSSR count). The molecule has 6 heteroatoms. The van der Waals surface area contributed by atoms with Crippen LogP contribution in [-0.2, 0) is 4.79 Å². The van der Waals surface area contributed by atoms with Crippen LogP contribution in [0.3, 0.4) is 0 Å². The van der Waals surface area contributed by atoms with E-state index in [2.05, 4.69) is 11.9 Å². The van der Waals surface area contributed by atoms with E-state index in [9.17, 15) is 14.7 Å². The van der Waals surface area contributed by atoms with Gasteiger partial charge in [-0.1, -0.05) is 26.8 Å². The van der Waals surface area contributed by atoms with Gasteiger partial charge >= 0.3 is 12.0 Å². The Hall–Kier alpha value is -2.11. The van der Waals surface area contributed by atoms with Gasteiger partial charge < -0.3 is 14.9 Å². The Kier molecular flexibility index (Phi) is 5.80. The van der Waals surface area contributed by atoms with Crippen LogP contribution in [0.15, 0.2) is 24.4 Å². The summed E-state index contributed by atoms with van der Waals surface area (Å²) in [5, 5.41) is 9.44. The number of likely N-dealkylation sites (tertiary alicyclic amines) is 1. The van der Waals surface area contributed by atoms with Gasteiger partial charge in [-0.25, -0.2) is 9.59 Å². The molecule has 1 saturated heterocycles. The number of carbonyl (C=O) groups is 2. The van der Waals surface area contributed by atoms with E-state index >= 15 is 0 Å². The van der Waals surface area contributed by atoms with E-state index < -0.39 is 12.0 Å². The second kappa shape index (κ2) is 7.64. The number of amides is 2. The molecule has 1 aromatic heterocycles. The first-order valence-electron chi connectivity index (χ1n) is 8.51. The minimum atomic E-state index is -0.964. The summed E-state index contributed by atoms with van der Waals surface area (Å²) >= 11 is 0. The van der Waals surface area contributed by atoms with Crippen molar-refractivity contribution in [2.45, 2.75) is 51.6 Å². The van der Waals surface area contributed by atoms with Crippen LogP contribution in [0.5, 0.6) is 0 Å². The maximum absolute atomic E-state index is 12.9. The minimum absolute atomic E-state index is 0.0523. The summed E-state index contributed by atoms with van der Waals surface area (Å²) in [6.07, 6.45) is 3.61. The standard InChI is InChI=1S/C18H27N3O3/c1-12(2)16(17(22)23)20(4)18(24)21-11-7-9-15(21)13(3)14-8-5-6-10-19-14/h5-6,8,10,12-13,15-16H,7,9,11H2,1-4H3,(H,22,23)/t13?,15-,16+/m1/s1. The molecule has 1 N–H and O–H groups in total. The Bertz CT molecular complexity index is 576. The highest BCUT2D eigenvalue weighted by molar-refractivity contribution is 5.83. The summed E-state index contributed by atoms with van der Waals surface area (Å²) in [6, 6.07) is 4.83. The van der Waals surface area contributed by atoms with Crippen LogP contribution in [0, 0.1) is 5.92 Å². The lowest BCUT2D eigenvalue weighted by Gasteiger charge is -2.36. The van der Waals surface area contributed by atoms with Crippen LogP contribution >= 0.6 is 0 Å². The average Bonchev–Trinajstić information content (AvgIpc) is 3.03. The van der Waals surface area contributed by atoms with Gasteiger partial charge in [-0.15, -0.1) is 0 Å². The lowest BCUT2D eigenvalue weighted by Crippen LogP contribution is -2.53. The van der Waals surface area contributed by atoms with Gasteiger partial charge in [0.25, 0.3) is 0 Å². The molecule has 0 aliphatic carbocycles. The Morgan fingerprint density at radius 1 is 1.33 bits per heavy atom. The highest BCUT2D eigenvalue weighted by atomic mass is 16.4. The third kappa shape index (κ3) is 3.68. The largest absolute Gasteiger partial charge is 0.480 e. The third-order valence-corrected chi connectivity index (χ3v) is 4.88. The van der Waals surface area contributed by atoms with Crippen LogP contribution < -0.4 is 0 Å². The molecular weight excluding hydrogens is 306 g/mol. The Balaban J connectivity index is 2.17. The molecule has 6 nitrogen and oxygen atoms in total. The fraction of sp³-hybridized carbons (Fsp3) is 0.611. The molecule has 0 saturated carbocycles. The van der Waals surface area contributed by atoms with Gasteiger partial charge in [-0.05, 0) is 30.9 Å². The van der Waals surface area contributed by atoms with Crippen LogP contribution in [-0.4, -0.2) is 57.6 Å². The Labute approximate surface area is 143 Å². The first-order valence-corrected chi connectivity index (χ1v) is 8.51. The number of aliphatic carboxylic acids is 1. The summed E-state index contributed by atoms with van der Waals surface area (Å²) in [6.45, 7) is 6.38. The molecule has 0 bridgehead atoms. The van der Waals surface area contributed by atoms with E-state index in [4.69, 9.17) is 0 Å². The number of carbonyl (C=O) groups excluding carboxylic acids is 1. The smallest absolute Gasteiger partial charge is 0.326 e. The predicted molar refractivity (Wildman–Crippen MR) is 91.8 cm³/mol. The lowest BCUT2D eigenvalue weighted by molar-refractivity contribution is -0.143. The van der Waals surface area contributed by atoms with Crippen molar-refractivity contribution in [1.82, 2.24) is 14.8 Å². The van der Waals surface area contributed by atoms with Crippen molar-refractivity contribution >= 4 is 12.0 Å². The number of aromatic nitrogens is 1. The Morgan fingerprint density at radius 2 is 2.04 bits per heavy atom. The number of carboxylic acids is 1. The van der Waals surface area contributed by atoms with Crippen molar-refractivity contribution in [3.8, 4) is 0 Å². The van der Waals surface area contributed by atoms with E-state index in [1.807, 2.05) is 36.9 Å². The molecule has 1 fully saturated rings. The maximum atomic E-state index is 12.9. The summed E-state index contributed by atoms with van der Waals surface area (Å²) in [5.74, 6) is -0.992. The number of urea groups is 1. The molecule has 1 unspecified atom stereocenters. The van der Waals surface area contributed by atoms with Crippen molar-refractivity contribution in [3.05, 3.63) is 30.1 Å². The molecule has 1 aliphatic heterocycles. The van der Waals surface area contributed by atoms with Crippen LogP contribution in [0.25, 0.3) is 0 Å². The van der Waals surface area contributed by atoms with E-state index in [-0.39, 0.29) is 23.9 Å². The van der Waals surface area contributed by atoms with E-state index in [1.165, 1.54) is 4.90 Å². The van der Waals surface area contributed by atoms with Gasteiger partial charge in [-0.2, -0.15) is 0 Å². The quantitative estimate of drug-likeness (QED) is 0.899. The molecule has 2 amide bonds. The molecule has 1 aliphatic rings. The highest BCUT2D eigenvalue weighted by Gasteiger charge is 2.38. The third-order valence-electron chi connectivity index (χ3n) is 4.88. The van der Waals surface area contributed by atoms with Gasteiger partial charge in [0.05, 0.1) is 0 Å². The van der Waals surface area contributed by atoms with Gasteiger partial charge in [0.15, 0.2) is 0 Å².